The average molecular weight is 436 g/mol. The standard InChI is InChI=1S/C19H22BrN3O4/c1-12-16(13(2)27-21-12)18(25)22-8-5-19(6-9-22)7-10-23(11-19)17(24)14-3-4-15(20)26-14/h3-4H,5-11H2,1-2H3. The summed E-state index contributed by atoms with van der Waals surface area (Å²) in [5.41, 5.74) is 1.31. The molecule has 1 spiro atoms. The molecule has 27 heavy (non-hydrogen) atoms. The molecule has 4 heterocycles. The van der Waals surface area contributed by atoms with Gasteiger partial charge in [-0.25, -0.2) is 0 Å². The summed E-state index contributed by atoms with van der Waals surface area (Å²) in [6, 6.07) is 3.43. The Morgan fingerprint density at radius 2 is 1.74 bits per heavy atom. The van der Waals surface area contributed by atoms with E-state index in [9.17, 15) is 9.59 Å². The number of halogens is 1. The van der Waals surface area contributed by atoms with Gasteiger partial charge < -0.3 is 18.7 Å². The maximum atomic E-state index is 12.8. The highest BCUT2D eigenvalue weighted by atomic mass is 79.9. The van der Waals surface area contributed by atoms with E-state index in [1.54, 1.807) is 26.0 Å². The van der Waals surface area contributed by atoms with Gasteiger partial charge in [-0.1, -0.05) is 5.16 Å². The minimum absolute atomic E-state index is 0.00698. The van der Waals surface area contributed by atoms with Gasteiger partial charge in [0.25, 0.3) is 11.8 Å². The van der Waals surface area contributed by atoms with Crippen molar-refractivity contribution in [1.82, 2.24) is 15.0 Å². The summed E-state index contributed by atoms with van der Waals surface area (Å²) >= 11 is 3.24. The number of carbonyl (C=O) groups is 2. The van der Waals surface area contributed by atoms with Gasteiger partial charge in [0, 0.05) is 26.2 Å². The first-order valence-corrected chi connectivity index (χ1v) is 9.95. The molecule has 0 saturated carbocycles. The Bertz CT molecular complexity index is 860. The molecule has 0 atom stereocenters. The van der Waals surface area contributed by atoms with Gasteiger partial charge in [-0.3, -0.25) is 9.59 Å². The number of likely N-dealkylation sites (tertiary alicyclic amines) is 2. The second-order valence-corrected chi connectivity index (χ2v) is 8.35. The number of carbonyl (C=O) groups excluding carboxylic acids is 2. The van der Waals surface area contributed by atoms with Crippen LogP contribution in [0.5, 0.6) is 0 Å². The summed E-state index contributed by atoms with van der Waals surface area (Å²) in [6.45, 7) is 6.40. The molecule has 2 aromatic heterocycles. The van der Waals surface area contributed by atoms with Gasteiger partial charge >= 0.3 is 0 Å². The van der Waals surface area contributed by atoms with Gasteiger partial charge in [-0.2, -0.15) is 0 Å². The van der Waals surface area contributed by atoms with E-state index in [4.69, 9.17) is 8.94 Å². The third-order valence-electron chi connectivity index (χ3n) is 5.87. The highest BCUT2D eigenvalue weighted by Gasteiger charge is 2.43. The molecular weight excluding hydrogens is 414 g/mol. The topological polar surface area (TPSA) is 79.8 Å². The fourth-order valence-electron chi connectivity index (χ4n) is 4.23. The zero-order chi connectivity index (χ0) is 19.2. The minimum atomic E-state index is -0.0631. The summed E-state index contributed by atoms with van der Waals surface area (Å²) in [7, 11) is 0. The summed E-state index contributed by atoms with van der Waals surface area (Å²) in [4.78, 5) is 29.2. The molecule has 8 heteroatoms. The number of piperidine rings is 1. The number of aromatic nitrogens is 1. The molecular formula is C19H22BrN3O4. The van der Waals surface area contributed by atoms with E-state index >= 15 is 0 Å². The molecule has 0 unspecified atom stereocenters. The lowest BCUT2D eigenvalue weighted by atomic mass is 9.77. The molecule has 2 aliphatic rings. The summed E-state index contributed by atoms with van der Waals surface area (Å²) in [5.74, 6) is 0.865. The lowest BCUT2D eigenvalue weighted by Gasteiger charge is -2.39. The van der Waals surface area contributed by atoms with Gasteiger partial charge in [0.05, 0.1) is 5.69 Å². The highest BCUT2D eigenvalue weighted by Crippen LogP contribution is 2.41. The Hall–Kier alpha value is -2.09. The van der Waals surface area contributed by atoms with Crippen molar-refractivity contribution < 1.29 is 18.5 Å². The lowest BCUT2D eigenvalue weighted by molar-refractivity contribution is 0.0557. The first kappa shape index (κ1) is 18.3. The Balaban J connectivity index is 1.39. The Labute approximate surface area is 165 Å². The molecule has 4 rings (SSSR count). The molecule has 0 bridgehead atoms. The number of rotatable bonds is 2. The van der Waals surface area contributed by atoms with Crippen molar-refractivity contribution in [2.75, 3.05) is 26.2 Å². The molecule has 2 amide bonds. The number of furan rings is 1. The number of aryl methyl sites for hydroxylation is 2. The largest absolute Gasteiger partial charge is 0.444 e. The summed E-state index contributed by atoms with van der Waals surface area (Å²) in [6.07, 6.45) is 2.76. The maximum Gasteiger partial charge on any atom is 0.289 e. The van der Waals surface area contributed by atoms with Gasteiger partial charge in [0.2, 0.25) is 0 Å². The average Bonchev–Trinajstić information content (AvgIpc) is 3.35. The van der Waals surface area contributed by atoms with Crippen LogP contribution in [-0.2, 0) is 0 Å². The van der Waals surface area contributed by atoms with Gasteiger partial charge in [-0.05, 0) is 66.6 Å². The molecule has 0 N–H and O–H groups in total. The second-order valence-electron chi connectivity index (χ2n) is 7.57. The summed E-state index contributed by atoms with van der Waals surface area (Å²) in [5, 5.41) is 3.88. The predicted molar refractivity (Wildman–Crippen MR) is 100 cm³/mol. The quantitative estimate of drug-likeness (QED) is 0.721. The number of hydrogen-bond acceptors (Lipinski definition) is 5. The van der Waals surface area contributed by atoms with Crippen LogP contribution in [0.3, 0.4) is 0 Å². The van der Waals surface area contributed by atoms with Crippen LogP contribution < -0.4 is 0 Å². The van der Waals surface area contributed by atoms with Crippen LogP contribution in [0.15, 0.2) is 25.7 Å². The van der Waals surface area contributed by atoms with Crippen molar-refractivity contribution >= 4 is 27.7 Å². The second kappa shape index (κ2) is 6.82. The maximum absolute atomic E-state index is 12.8. The van der Waals surface area contributed by atoms with Crippen molar-refractivity contribution in [3.05, 3.63) is 39.6 Å². The minimum Gasteiger partial charge on any atom is -0.444 e. The van der Waals surface area contributed by atoms with E-state index < -0.39 is 0 Å². The molecule has 0 aliphatic carbocycles. The first-order valence-electron chi connectivity index (χ1n) is 9.15. The van der Waals surface area contributed by atoms with Gasteiger partial charge in [0.1, 0.15) is 11.3 Å². The van der Waals surface area contributed by atoms with Crippen molar-refractivity contribution in [3.63, 3.8) is 0 Å². The fraction of sp³-hybridized carbons (Fsp3) is 0.526. The smallest absolute Gasteiger partial charge is 0.289 e. The van der Waals surface area contributed by atoms with E-state index in [1.165, 1.54) is 0 Å². The third kappa shape index (κ3) is 3.31. The van der Waals surface area contributed by atoms with E-state index in [2.05, 4.69) is 21.1 Å². The van der Waals surface area contributed by atoms with Crippen LogP contribution in [0.25, 0.3) is 0 Å². The first-order chi connectivity index (χ1) is 12.9. The lowest BCUT2D eigenvalue weighted by Crippen LogP contribution is -2.44. The van der Waals surface area contributed by atoms with Crippen molar-refractivity contribution in [2.24, 2.45) is 5.41 Å². The van der Waals surface area contributed by atoms with Crippen LogP contribution >= 0.6 is 15.9 Å². The number of hydrogen-bond donors (Lipinski definition) is 0. The molecule has 2 fully saturated rings. The highest BCUT2D eigenvalue weighted by molar-refractivity contribution is 9.10. The van der Waals surface area contributed by atoms with Crippen LogP contribution in [0.1, 0.15) is 51.6 Å². The fourth-order valence-corrected chi connectivity index (χ4v) is 4.54. The molecule has 2 aromatic rings. The van der Waals surface area contributed by atoms with Crippen LogP contribution in [0.2, 0.25) is 0 Å². The zero-order valence-electron chi connectivity index (χ0n) is 15.5. The van der Waals surface area contributed by atoms with E-state index in [0.29, 0.717) is 40.5 Å². The Kier molecular flexibility index (Phi) is 4.61. The van der Waals surface area contributed by atoms with E-state index in [1.807, 2.05) is 9.80 Å². The van der Waals surface area contributed by atoms with Crippen LogP contribution in [-0.4, -0.2) is 52.9 Å². The van der Waals surface area contributed by atoms with Gasteiger partial charge in [-0.15, -0.1) is 0 Å². The summed E-state index contributed by atoms with van der Waals surface area (Å²) < 4.78 is 11.1. The monoisotopic (exact) mass is 435 g/mol. The Morgan fingerprint density at radius 1 is 1.07 bits per heavy atom. The molecule has 144 valence electrons. The van der Waals surface area contributed by atoms with Crippen LogP contribution in [0.4, 0.5) is 0 Å². The molecule has 2 saturated heterocycles. The van der Waals surface area contributed by atoms with Crippen molar-refractivity contribution in [3.8, 4) is 0 Å². The van der Waals surface area contributed by atoms with Crippen molar-refractivity contribution in [1.29, 1.82) is 0 Å². The predicted octanol–water partition coefficient (Wildman–Crippen LogP) is 3.42. The van der Waals surface area contributed by atoms with Crippen LogP contribution in [0, 0.1) is 19.3 Å². The third-order valence-corrected chi connectivity index (χ3v) is 6.29. The number of amides is 2. The molecule has 2 aliphatic heterocycles. The van der Waals surface area contributed by atoms with Crippen molar-refractivity contribution in [2.45, 2.75) is 33.1 Å². The molecule has 0 aromatic carbocycles. The Morgan fingerprint density at radius 3 is 2.30 bits per heavy atom. The molecule has 7 nitrogen and oxygen atoms in total. The SMILES string of the molecule is Cc1noc(C)c1C(=O)N1CCC2(CCN(C(=O)c3ccc(Br)o3)C2)CC1. The van der Waals surface area contributed by atoms with E-state index in [0.717, 1.165) is 32.4 Å². The molecule has 0 radical (unpaired) electrons. The number of nitrogens with zero attached hydrogens (tertiary/aromatic N) is 3. The van der Waals surface area contributed by atoms with E-state index in [-0.39, 0.29) is 17.2 Å². The normalized spacial score (nSPS) is 19.1. The van der Waals surface area contributed by atoms with Gasteiger partial charge in [0.15, 0.2) is 10.4 Å². The zero-order valence-corrected chi connectivity index (χ0v) is 17.0.